The smallest absolute Gasteiger partial charge is 0.206 e. The lowest BCUT2D eigenvalue weighted by Crippen LogP contribution is -2.61. The summed E-state index contributed by atoms with van der Waals surface area (Å²) >= 11 is 0. The zero-order valence-electron chi connectivity index (χ0n) is 24.3. The minimum Gasteiger partial charge on any atom is -0.416 e. The molecule has 1 rings (SSSR count). The molecule has 0 amide bonds. The van der Waals surface area contributed by atoms with Crippen LogP contribution in [-0.4, -0.2) is 55.3 Å². The summed E-state index contributed by atoms with van der Waals surface area (Å²) in [5.74, 6) is -0.264. The van der Waals surface area contributed by atoms with E-state index in [1.54, 1.807) is 0 Å². The van der Waals surface area contributed by atoms with E-state index in [0.717, 1.165) is 0 Å². The first-order valence-electron chi connectivity index (χ1n) is 12.5. The lowest BCUT2D eigenvalue weighted by Gasteiger charge is -2.49. The summed E-state index contributed by atoms with van der Waals surface area (Å²) in [7, 11) is -6.44. The van der Waals surface area contributed by atoms with Crippen molar-refractivity contribution in [3.63, 3.8) is 0 Å². The molecule has 0 aliphatic heterocycles. The van der Waals surface area contributed by atoms with Crippen molar-refractivity contribution in [3.05, 3.63) is 0 Å². The summed E-state index contributed by atoms with van der Waals surface area (Å²) in [5.41, 5.74) is 0.151. The first kappa shape index (κ1) is 30.9. The van der Waals surface area contributed by atoms with Crippen LogP contribution in [0.25, 0.3) is 0 Å². The Bertz CT molecular complexity index is 727. The third-order valence-corrected chi connectivity index (χ3v) is 22.1. The van der Waals surface area contributed by atoms with Crippen LogP contribution < -0.4 is 0 Å². The third-order valence-electron chi connectivity index (χ3n) is 8.71. The van der Waals surface area contributed by atoms with Crippen LogP contribution in [-0.2, 0) is 18.1 Å². The normalized spacial score (nSPS) is 24.4. The van der Waals surface area contributed by atoms with Crippen LogP contribution in [0, 0.1) is 11.3 Å². The van der Waals surface area contributed by atoms with Gasteiger partial charge in [0.15, 0.2) is 25.0 Å². The average molecular weight is 516 g/mol. The molecule has 0 aromatic rings. The van der Waals surface area contributed by atoms with Crippen molar-refractivity contribution in [2.24, 2.45) is 5.92 Å². The molecule has 0 radical (unpaired) electrons. The minimum atomic E-state index is -2.26. The number of carbonyl (C=O) groups excluding carboxylic acids is 1. The molecule has 1 aliphatic carbocycles. The van der Waals surface area contributed by atoms with E-state index in [1.165, 1.54) is 0 Å². The molecule has 0 aromatic heterocycles. The second-order valence-corrected chi connectivity index (χ2v) is 28.8. The molecule has 0 heterocycles. The lowest BCUT2D eigenvalue weighted by molar-refractivity contribution is -0.129. The van der Waals surface area contributed by atoms with E-state index in [2.05, 4.69) is 102 Å². The molecule has 5 nitrogen and oxygen atoms in total. The van der Waals surface area contributed by atoms with Crippen LogP contribution in [0.15, 0.2) is 0 Å². The van der Waals surface area contributed by atoms with Crippen molar-refractivity contribution in [1.82, 2.24) is 0 Å². The molecule has 194 valence electrons. The SMILES string of the molecule is CC(C)(C)[Si](C)(C)OC[C@H]1CC(=N)C(=O)[C@@H](O[Si](C)(C)C(C)(C)C)[C@@H]1O[Si](C)(C)C(C)(C)C. The highest BCUT2D eigenvalue weighted by molar-refractivity contribution is 6.75. The maximum Gasteiger partial charge on any atom is 0.206 e. The van der Waals surface area contributed by atoms with E-state index in [-0.39, 0.29) is 38.6 Å². The molecule has 1 fully saturated rings. The molecule has 3 atom stereocenters. The van der Waals surface area contributed by atoms with Gasteiger partial charge in [0.05, 0.1) is 11.8 Å². The van der Waals surface area contributed by atoms with Gasteiger partial charge >= 0.3 is 0 Å². The fourth-order valence-corrected chi connectivity index (χ4v) is 6.67. The highest BCUT2D eigenvalue weighted by atomic mass is 28.4. The summed E-state index contributed by atoms with van der Waals surface area (Å²) in [6.45, 7) is 33.7. The highest BCUT2D eigenvalue weighted by Gasteiger charge is 2.52. The third kappa shape index (κ3) is 7.19. The summed E-state index contributed by atoms with van der Waals surface area (Å²) in [6.07, 6.45) is -0.718. The van der Waals surface area contributed by atoms with Gasteiger partial charge in [0.1, 0.15) is 6.10 Å². The monoisotopic (exact) mass is 515 g/mol. The molecule has 8 heteroatoms. The van der Waals surface area contributed by atoms with E-state index in [9.17, 15) is 4.79 Å². The predicted molar refractivity (Wildman–Crippen MR) is 148 cm³/mol. The molecule has 1 N–H and O–H groups in total. The van der Waals surface area contributed by atoms with Crippen molar-refractivity contribution in [1.29, 1.82) is 5.41 Å². The molecule has 33 heavy (non-hydrogen) atoms. The molecule has 1 saturated carbocycles. The maximum atomic E-state index is 13.4. The summed E-state index contributed by atoms with van der Waals surface area (Å²) < 4.78 is 20.3. The quantitative estimate of drug-likeness (QED) is 0.359. The number of nitrogens with one attached hydrogen (secondary N) is 1. The fourth-order valence-electron chi connectivity index (χ4n) is 3.02. The van der Waals surface area contributed by atoms with Gasteiger partial charge in [-0.15, -0.1) is 0 Å². The van der Waals surface area contributed by atoms with Crippen molar-refractivity contribution < 1.29 is 18.1 Å². The lowest BCUT2D eigenvalue weighted by atomic mass is 9.83. The van der Waals surface area contributed by atoms with Crippen molar-refractivity contribution in [2.45, 2.75) is 135 Å². The molecular formula is C25H53NO4Si3. The molecule has 0 bridgehead atoms. The second-order valence-electron chi connectivity index (χ2n) is 14.5. The Morgan fingerprint density at radius 1 is 0.758 bits per heavy atom. The first-order chi connectivity index (χ1) is 14.3. The Morgan fingerprint density at radius 3 is 1.55 bits per heavy atom. The summed E-state index contributed by atoms with van der Waals surface area (Å²) in [4.78, 5) is 13.4. The van der Waals surface area contributed by atoms with Gasteiger partial charge in [-0.05, 0) is 54.4 Å². The largest absolute Gasteiger partial charge is 0.416 e. The number of Topliss-reactive ketones (excluding diaryl/α,β-unsaturated/α-hetero) is 1. The van der Waals surface area contributed by atoms with E-state index in [0.29, 0.717) is 13.0 Å². The zero-order valence-corrected chi connectivity index (χ0v) is 27.3. The van der Waals surface area contributed by atoms with Crippen molar-refractivity contribution in [3.8, 4) is 0 Å². The van der Waals surface area contributed by atoms with Gasteiger partial charge in [-0.25, -0.2) is 0 Å². The van der Waals surface area contributed by atoms with Crippen LogP contribution in [0.3, 0.4) is 0 Å². The van der Waals surface area contributed by atoms with E-state index >= 15 is 0 Å². The fraction of sp³-hybridized carbons (Fsp3) is 0.920. The van der Waals surface area contributed by atoms with Gasteiger partial charge in [0.25, 0.3) is 0 Å². The van der Waals surface area contributed by atoms with E-state index in [1.807, 2.05) is 0 Å². The molecule has 0 unspecified atom stereocenters. The topological polar surface area (TPSA) is 68.6 Å². The van der Waals surface area contributed by atoms with Gasteiger partial charge < -0.3 is 18.7 Å². The predicted octanol–water partition coefficient (Wildman–Crippen LogP) is 7.40. The van der Waals surface area contributed by atoms with Gasteiger partial charge in [-0.1, -0.05) is 62.3 Å². The molecule has 0 saturated heterocycles. The number of hydrogen-bond acceptors (Lipinski definition) is 5. The van der Waals surface area contributed by atoms with E-state index in [4.69, 9.17) is 18.7 Å². The Kier molecular flexibility index (Phi) is 9.11. The maximum absolute atomic E-state index is 13.4. The highest BCUT2D eigenvalue weighted by Crippen LogP contribution is 2.44. The number of hydrogen-bond donors (Lipinski definition) is 1. The molecule has 1 aliphatic rings. The van der Waals surface area contributed by atoms with Crippen LogP contribution >= 0.6 is 0 Å². The zero-order chi connectivity index (χ0) is 26.4. The second kappa shape index (κ2) is 9.73. The number of rotatable bonds is 7. The molecular weight excluding hydrogens is 463 g/mol. The van der Waals surface area contributed by atoms with E-state index < -0.39 is 31.1 Å². The Balaban J connectivity index is 3.43. The molecule has 0 aromatic carbocycles. The minimum absolute atomic E-state index is 0.00731. The Hall–Kier alpha value is -0.129. The van der Waals surface area contributed by atoms with Gasteiger partial charge in [-0.2, -0.15) is 0 Å². The first-order valence-corrected chi connectivity index (χ1v) is 21.2. The summed E-state index contributed by atoms with van der Waals surface area (Å²) in [6, 6.07) is 0. The van der Waals surface area contributed by atoms with Gasteiger partial charge in [-0.3, -0.25) is 4.79 Å². The van der Waals surface area contributed by atoms with Crippen LogP contribution in [0.5, 0.6) is 0 Å². The van der Waals surface area contributed by atoms with Crippen molar-refractivity contribution >= 4 is 36.4 Å². The van der Waals surface area contributed by atoms with Crippen molar-refractivity contribution in [2.75, 3.05) is 6.61 Å². The standard InChI is InChI=1S/C25H53NO4Si3/c1-23(2,3)31(10,11)28-17-18-16-19(26)20(27)22(30-33(14,15)25(7,8)9)21(18)29-32(12,13)24(4,5)6/h18,21-22,26H,16-17H2,1-15H3/t18-,21-,22-/m1/s1. The number of ketones is 1. The average Bonchev–Trinajstić information content (AvgIpc) is 2.56. The Morgan fingerprint density at radius 2 is 1.15 bits per heavy atom. The van der Waals surface area contributed by atoms with Crippen LogP contribution in [0.2, 0.25) is 54.4 Å². The summed E-state index contributed by atoms with van der Waals surface area (Å²) in [5, 5.41) is 8.58. The number of carbonyl (C=O) groups is 1. The Labute approximate surface area is 207 Å². The van der Waals surface area contributed by atoms with Crippen LogP contribution in [0.4, 0.5) is 0 Å². The van der Waals surface area contributed by atoms with Gasteiger partial charge in [0, 0.05) is 18.9 Å². The molecule has 0 spiro atoms. The van der Waals surface area contributed by atoms with Gasteiger partial charge in [0.2, 0.25) is 5.78 Å². The van der Waals surface area contributed by atoms with Crippen LogP contribution in [0.1, 0.15) is 68.7 Å².